The Morgan fingerprint density at radius 3 is 2.20 bits per heavy atom. The van der Waals surface area contributed by atoms with E-state index in [0.29, 0.717) is 6.61 Å². The number of methoxy groups -OCH3 is 1. The molecule has 0 fully saturated rings. The standard InChI is InChI=1S/C8H18O2/c1-5-7-8(3,9-4)10-6-2/h5-7H2,1-4H3. The summed E-state index contributed by atoms with van der Waals surface area (Å²) in [6.07, 6.45) is 2.04. The van der Waals surface area contributed by atoms with Crippen LogP contribution in [-0.4, -0.2) is 19.5 Å². The summed E-state index contributed by atoms with van der Waals surface area (Å²) in [4.78, 5) is 0. The highest BCUT2D eigenvalue weighted by Crippen LogP contribution is 2.17. The highest BCUT2D eigenvalue weighted by atomic mass is 16.7. The first-order valence-corrected chi connectivity index (χ1v) is 3.87. The molecule has 0 saturated heterocycles. The molecule has 2 heteroatoms. The minimum atomic E-state index is -0.358. The number of rotatable bonds is 5. The summed E-state index contributed by atoms with van der Waals surface area (Å²) in [5, 5.41) is 0. The van der Waals surface area contributed by atoms with Crippen molar-refractivity contribution in [1.82, 2.24) is 0 Å². The molecule has 1 atom stereocenters. The zero-order chi connectivity index (χ0) is 8.04. The van der Waals surface area contributed by atoms with Crippen LogP contribution in [-0.2, 0) is 9.47 Å². The monoisotopic (exact) mass is 146 g/mol. The zero-order valence-corrected chi connectivity index (χ0v) is 7.44. The molecule has 0 aliphatic heterocycles. The van der Waals surface area contributed by atoms with Crippen LogP contribution in [0, 0.1) is 0 Å². The maximum atomic E-state index is 5.40. The first-order chi connectivity index (χ1) is 4.68. The molecule has 62 valence electrons. The first kappa shape index (κ1) is 9.92. The predicted molar refractivity (Wildman–Crippen MR) is 41.9 cm³/mol. The van der Waals surface area contributed by atoms with E-state index < -0.39 is 0 Å². The number of hydrogen-bond donors (Lipinski definition) is 0. The molecule has 2 nitrogen and oxygen atoms in total. The van der Waals surface area contributed by atoms with Crippen molar-refractivity contribution in [3.8, 4) is 0 Å². The van der Waals surface area contributed by atoms with Gasteiger partial charge < -0.3 is 9.47 Å². The molecule has 0 bridgehead atoms. The summed E-state index contributed by atoms with van der Waals surface area (Å²) in [5.74, 6) is -0.358. The molecule has 0 aromatic carbocycles. The van der Waals surface area contributed by atoms with E-state index in [1.807, 2.05) is 13.8 Å². The summed E-state index contributed by atoms with van der Waals surface area (Å²) < 4.78 is 10.6. The predicted octanol–water partition coefficient (Wildman–Crippen LogP) is 2.19. The summed E-state index contributed by atoms with van der Waals surface area (Å²) >= 11 is 0. The van der Waals surface area contributed by atoms with Crippen LogP contribution in [0.15, 0.2) is 0 Å². The van der Waals surface area contributed by atoms with E-state index in [4.69, 9.17) is 9.47 Å². The Hall–Kier alpha value is -0.0800. The molecule has 10 heavy (non-hydrogen) atoms. The lowest BCUT2D eigenvalue weighted by atomic mass is 10.2. The third-order valence-electron chi connectivity index (χ3n) is 1.59. The smallest absolute Gasteiger partial charge is 0.165 e. The second kappa shape index (κ2) is 4.69. The average Bonchev–Trinajstić information content (AvgIpc) is 1.89. The van der Waals surface area contributed by atoms with Crippen LogP contribution in [0.3, 0.4) is 0 Å². The van der Waals surface area contributed by atoms with Crippen LogP contribution in [0.2, 0.25) is 0 Å². The molecule has 0 amide bonds. The van der Waals surface area contributed by atoms with Crippen molar-refractivity contribution >= 4 is 0 Å². The molecule has 0 aromatic rings. The molecule has 0 aliphatic carbocycles. The van der Waals surface area contributed by atoms with Crippen molar-refractivity contribution in [3.05, 3.63) is 0 Å². The summed E-state index contributed by atoms with van der Waals surface area (Å²) in [5.41, 5.74) is 0. The zero-order valence-electron chi connectivity index (χ0n) is 7.44. The van der Waals surface area contributed by atoms with E-state index in [2.05, 4.69) is 6.92 Å². The van der Waals surface area contributed by atoms with Crippen molar-refractivity contribution in [3.63, 3.8) is 0 Å². The van der Waals surface area contributed by atoms with Gasteiger partial charge in [0.15, 0.2) is 5.79 Å². The van der Waals surface area contributed by atoms with Crippen molar-refractivity contribution in [1.29, 1.82) is 0 Å². The molecule has 0 heterocycles. The summed E-state index contributed by atoms with van der Waals surface area (Å²) in [6.45, 7) is 6.79. The van der Waals surface area contributed by atoms with Gasteiger partial charge in [-0.3, -0.25) is 0 Å². The topological polar surface area (TPSA) is 18.5 Å². The van der Waals surface area contributed by atoms with Gasteiger partial charge in [0.1, 0.15) is 0 Å². The molecule has 0 aliphatic rings. The van der Waals surface area contributed by atoms with Crippen molar-refractivity contribution < 1.29 is 9.47 Å². The van der Waals surface area contributed by atoms with Crippen LogP contribution in [0.4, 0.5) is 0 Å². The minimum absolute atomic E-state index is 0.358. The largest absolute Gasteiger partial charge is 0.353 e. The molecule has 0 saturated carbocycles. The summed E-state index contributed by atoms with van der Waals surface area (Å²) in [7, 11) is 1.69. The van der Waals surface area contributed by atoms with Gasteiger partial charge in [-0.2, -0.15) is 0 Å². The fourth-order valence-corrected chi connectivity index (χ4v) is 0.993. The van der Waals surface area contributed by atoms with Crippen molar-refractivity contribution in [2.45, 2.75) is 39.4 Å². The lowest BCUT2D eigenvalue weighted by Gasteiger charge is -2.27. The molecule has 0 aromatic heterocycles. The molecular formula is C8H18O2. The Balaban J connectivity index is 3.69. The molecular weight excluding hydrogens is 128 g/mol. The van der Waals surface area contributed by atoms with E-state index in [9.17, 15) is 0 Å². The molecule has 0 N–H and O–H groups in total. The first-order valence-electron chi connectivity index (χ1n) is 3.87. The second-order valence-corrected chi connectivity index (χ2v) is 2.52. The van der Waals surface area contributed by atoms with Gasteiger partial charge in [0.2, 0.25) is 0 Å². The van der Waals surface area contributed by atoms with Crippen molar-refractivity contribution in [2.75, 3.05) is 13.7 Å². The van der Waals surface area contributed by atoms with E-state index in [1.54, 1.807) is 7.11 Å². The average molecular weight is 146 g/mol. The molecule has 0 spiro atoms. The van der Waals surface area contributed by atoms with E-state index in [1.165, 1.54) is 0 Å². The van der Waals surface area contributed by atoms with Gasteiger partial charge in [-0.15, -0.1) is 0 Å². The number of hydrogen-bond acceptors (Lipinski definition) is 2. The molecule has 1 unspecified atom stereocenters. The van der Waals surface area contributed by atoms with Gasteiger partial charge in [-0.25, -0.2) is 0 Å². The van der Waals surface area contributed by atoms with E-state index >= 15 is 0 Å². The lowest BCUT2D eigenvalue weighted by Crippen LogP contribution is -2.30. The van der Waals surface area contributed by atoms with Gasteiger partial charge >= 0.3 is 0 Å². The van der Waals surface area contributed by atoms with Crippen molar-refractivity contribution in [2.24, 2.45) is 0 Å². The Bertz CT molecular complexity index is 75.3. The lowest BCUT2D eigenvalue weighted by molar-refractivity contribution is -0.211. The van der Waals surface area contributed by atoms with Crippen LogP contribution in [0.25, 0.3) is 0 Å². The van der Waals surface area contributed by atoms with Gasteiger partial charge in [-0.05, 0) is 13.8 Å². The van der Waals surface area contributed by atoms with E-state index in [0.717, 1.165) is 12.8 Å². The highest BCUT2D eigenvalue weighted by Gasteiger charge is 2.21. The van der Waals surface area contributed by atoms with Gasteiger partial charge in [0, 0.05) is 20.1 Å². The Kier molecular flexibility index (Phi) is 4.65. The SMILES string of the molecule is CCCC(C)(OC)OCC. The maximum absolute atomic E-state index is 5.40. The van der Waals surface area contributed by atoms with Crippen LogP contribution < -0.4 is 0 Å². The van der Waals surface area contributed by atoms with Gasteiger partial charge in [-0.1, -0.05) is 13.3 Å². The quantitative estimate of drug-likeness (QED) is 0.553. The van der Waals surface area contributed by atoms with Gasteiger partial charge in [0.05, 0.1) is 0 Å². The van der Waals surface area contributed by atoms with Crippen LogP contribution >= 0.6 is 0 Å². The van der Waals surface area contributed by atoms with Gasteiger partial charge in [0.25, 0.3) is 0 Å². The van der Waals surface area contributed by atoms with Crippen LogP contribution in [0.5, 0.6) is 0 Å². The maximum Gasteiger partial charge on any atom is 0.165 e. The second-order valence-electron chi connectivity index (χ2n) is 2.52. The Morgan fingerprint density at radius 1 is 1.30 bits per heavy atom. The summed E-state index contributed by atoms with van der Waals surface area (Å²) in [6, 6.07) is 0. The third kappa shape index (κ3) is 3.18. The Morgan fingerprint density at radius 2 is 1.90 bits per heavy atom. The molecule has 0 rings (SSSR count). The molecule has 0 radical (unpaired) electrons. The normalized spacial score (nSPS) is 16.8. The third-order valence-corrected chi connectivity index (χ3v) is 1.59. The fraction of sp³-hybridized carbons (Fsp3) is 1.00. The fourth-order valence-electron chi connectivity index (χ4n) is 0.993. The van der Waals surface area contributed by atoms with Crippen LogP contribution in [0.1, 0.15) is 33.6 Å². The highest BCUT2D eigenvalue weighted by molar-refractivity contribution is 4.59. The van der Waals surface area contributed by atoms with E-state index in [-0.39, 0.29) is 5.79 Å². The number of ether oxygens (including phenoxy) is 2. The minimum Gasteiger partial charge on any atom is -0.353 e. The Labute approximate surface area is 63.5 Å².